The molecule has 0 aromatic heterocycles. The molecule has 0 fully saturated rings. The van der Waals surface area contributed by atoms with E-state index in [0.717, 1.165) is 95.8 Å². The number of aliphatic hydroxyl groups excluding tert-OH is 1. The fourth-order valence-electron chi connectivity index (χ4n) is 12.4. The molecule has 0 bridgehead atoms. The summed E-state index contributed by atoms with van der Waals surface area (Å²) in [5, 5.41) is 10.6. The fraction of sp³-hybridized carbons (Fsp3) is 0.950. The van der Waals surface area contributed by atoms with E-state index >= 15 is 0 Å². The predicted octanol–water partition coefficient (Wildman–Crippen LogP) is 24.0. The molecule has 0 spiro atoms. The number of carbonyl (C=O) groups excluding carboxylic acids is 4. The van der Waals surface area contributed by atoms with Gasteiger partial charge in [0.05, 0.1) is 26.4 Å². The Balaban J connectivity index is 5.17. The van der Waals surface area contributed by atoms with Crippen molar-refractivity contribution < 1.29 is 80.2 Å². The Bertz CT molecular complexity index is 1890. The second-order valence-electron chi connectivity index (χ2n) is 29.1. The number of unbranched alkanes of at least 4 members (excludes halogenated alkanes) is 51. The summed E-state index contributed by atoms with van der Waals surface area (Å²) in [4.78, 5) is 72.8. The van der Waals surface area contributed by atoms with Gasteiger partial charge in [-0.1, -0.05) is 375 Å². The molecule has 0 rings (SSSR count). The molecule has 0 radical (unpaired) electrons. The summed E-state index contributed by atoms with van der Waals surface area (Å²) in [5.74, 6) is -1.24. The largest absolute Gasteiger partial charge is 0.472 e. The van der Waals surface area contributed by atoms with Gasteiger partial charge in [-0.05, 0) is 31.6 Å². The van der Waals surface area contributed by atoms with E-state index in [1.165, 1.54) is 250 Å². The van der Waals surface area contributed by atoms with Gasteiger partial charge >= 0.3 is 39.5 Å². The van der Waals surface area contributed by atoms with Crippen molar-refractivity contribution in [3.63, 3.8) is 0 Å². The molecule has 0 saturated carbocycles. The minimum atomic E-state index is -4.96. The molecule has 0 aromatic rings. The van der Waals surface area contributed by atoms with Crippen LogP contribution in [0.1, 0.15) is 426 Å². The van der Waals surface area contributed by atoms with E-state index in [2.05, 4.69) is 34.6 Å². The summed E-state index contributed by atoms with van der Waals surface area (Å²) in [5.41, 5.74) is 0. The minimum absolute atomic E-state index is 0.107. The molecule has 99 heavy (non-hydrogen) atoms. The highest BCUT2D eigenvalue weighted by Gasteiger charge is 2.30. The zero-order valence-electron chi connectivity index (χ0n) is 64.6. The number of phosphoric acid groups is 2. The Morgan fingerprint density at radius 3 is 0.717 bits per heavy atom. The number of rotatable bonds is 80. The smallest absolute Gasteiger partial charge is 0.462 e. The van der Waals surface area contributed by atoms with Crippen molar-refractivity contribution in [2.24, 2.45) is 5.92 Å². The Morgan fingerprint density at radius 1 is 0.283 bits per heavy atom. The molecule has 0 aromatic carbocycles. The van der Waals surface area contributed by atoms with E-state index in [-0.39, 0.29) is 25.7 Å². The molecule has 0 aliphatic rings. The van der Waals surface area contributed by atoms with Crippen LogP contribution in [0, 0.1) is 5.92 Å². The van der Waals surface area contributed by atoms with Crippen molar-refractivity contribution in [1.29, 1.82) is 0 Å². The first-order chi connectivity index (χ1) is 48.1. The number of esters is 4. The third-order valence-electron chi connectivity index (χ3n) is 19.1. The van der Waals surface area contributed by atoms with Crippen LogP contribution in [0.3, 0.4) is 0 Å². The summed E-state index contributed by atoms with van der Waals surface area (Å²) >= 11 is 0. The third-order valence-corrected chi connectivity index (χ3v) is 21.0. The van der Waals surface area contributed by atoms with Crippen LogP contribution in [0.2, 0.25) is 0 Å². The second-order valence-corrected chi connectivity index (χ2v) is 32.0. The normalized spacial score (nSPS) is 14.1. The standard InChI is InChI=1S/C80H156O17P2/c1-6-10-13-16-19-22-24-25-26-27-31-34-37-40-45-49-54-59-64-78(83)91-70-76(97-80(85)66-61-56-51-46-41-38-35-32-29-28-30-33-36-39-43-47-52-57-62-73(5)9-4)72-95-99(88,89)93-68-74(81)67-92-98(86,87)94-71-75(69-90-77(82)63-58-53-48-42-21-18-15-12-8-3)96-79(84)65-60-55-50-44-23-20-17-14-11-7-2/h73-76,81H,6-72H2,1-5H3,(H,86,87)(H,88,89)/t73?,74-,75+,76+/m0/s1. The third kappa shape index (κ3) is 72.8. The van der Waals surface area contributed by atoms with Crippen molar-refractivity contribution in [3.8, 4) is 0 Å². The maximum atomic E-state index is 13.1. The molecule has 6 atom stereocenters. The first kappa shape index (κ1) is 97.1. The van der Waals surface area contributed by atoms with Crippen LogP contribution in [0.5, 0.6) is 0 Å². The Labute approximate surface area is 607 Å². The van der Waals surface area contributed by atoms with Crippen LogP contribution in [-0.2, 0) is 65.4 Å². The highest BCUT2D eigenvalue weighted by molar-refractivity contribution is 7.47. The van der Waals surface area contributed by atoms with Gasteiger partial charge in [0.25, 0.3) is 0 Å². The summed E-state index contributed by atoms with van der Waals surface area (Å²) < 4.78 is 68.6. The molecule has 0 aliphatic carbocycles. The lowest BCUT2D eigenvalue weighted by Gasteiger charge is -2.21. The topological polar surface area (TPSA) is 237 Å². The molecule has 19 heteroatoms. The maximum Gasteiger partial charge on any atom is 0.472 e. The highest BCUT2D eigenvalue weighted by atomic mass is 31.2. The van der Waals surface area contributed by atoms with Gasteiger partial charge in [-0.3, -0.25) is 37.3 Å². The van der Waals surface area contributed by atoms with Gasteiger partial charge in [-0.2, -0.15) is 0 Å². The molecule has 0 heterocycles. The summed E-state index contributed by atoms with van der Waals surface area (Å²) in [6, 6.07) is 0. The molecule has 0 aliphatic heterocycles. The number of phosphoric ester groups is 2. The van der Waals surface area contributed by atoms with Crippen LogP contribution < -0.4 is 0 Å². The second kappa shape index (κ2) is 73.0. The zero-order valence-corrected chi connectivity index (χ0v) is 66.4. The zero-order chi connectivity index (χ0) is 72.7. The fourth-order valence-corrected chi connectivity index (χ4v) is 14.0. The number of ether oxygens (including phenoxy) is 4. The van der Waals surface area contributed by atoms with E-state index in [1.807, 2.05) is 0 Å². The van der Waals surface area contributed by atoms with Crippen LogP contribution in [0.15, 0.2) is 0 Å². The van der Waals surface area contributed by atoms with Crippen LogP contribution in [0.4, 0.5) is 0 Å². The van der Waals surface area contributed by atoms with Crippen molar-refractivity contribution in [1.82, 2.24) is 0 Å². The monoisotopic (exact) mass is 1450 g/mol. The lowest BCUT2D eigenvalue weighted by Crippen LogP contribution is -2.30. The predicted molar refractivity (Wildman–Crippen MR) is 405 cm³/mol. The van der Waals surface area contributed by atoms with Gasteiger partial charge in [0.15, 0.2) is 12.2 Å². The molecule has 17 nitrogen and oxygen atoms in total. The van der Waals surface area contributed by atoms with E-state index in [4.69, 9.17) is 37.0 Å². The average molecular weight is 1450 g/mol. The lowest BCUT2D eigenvalue weighted by atomic mass is 9.99. The van der Waals surface area contributed by atoms with Gasteiger partial charge in [-0.15, -0.1) is 0 Å². The van der Waals surface area contributed by atoms with Crippen LogP contribution in [0.25, 0.3) is 0 Å². The summed E-state index contributed by atoms with van der Waals surface area (Å²) in [6.07, 6.45) is 63.9. The molecule has 3 N–H and O–H groups in total. The Morgan fingerprint density at radius 2 is 0.485 bits per heavy atom. The maximum absolute atomic E-state index is 13.1. The van der Waals surface area contributed by atoms with Crippen molar-refractivity contribution >= 4 is 39.5 Å². The van der Waals surface area contributed by atoms with Crippen molar-refractivity contribution in [2.45, 2.75) is 445 Å². The Hall–Kier alpha value is -1.94. The van der Waals surface area contributed by atoms with Gasteiger partial charge in [0.2, 0.25) is 0 Å². The lowest BCUT2D eigenvalue weighted by molar-refractivity contribution is -0.161. The number of hydrogen-bond acceptors (Lipinski definition) is 15. The molecule has 3 unspecified atom stereocenters. The number of carbonyl (C=O) groups is 4. The number of aliphatic hydroxyl groups is 1. The van der Waals surface area contributed by atoms with E-state index in [1.54, 1.807) is 0 Å². The van der Waals surface area contributed by atoms with Crippen LogP contribution in [-0.4, -0.2) is 96.7 Å². The van der Waals surface area contributed by atoms with E-state index in [0.29, 0.717) is 25.7 Å². The van der Waals surface area contributed by atoms with Gasteiger partial charge in [0.1, 0.15) is 19.3 Å². The van der Waals surface area contributed by atoms with E-state index < -0.39 is 97.5 Å². The van der Waals surface area contributed by atoms with Crippen molar-refractivity contribution in [3.05, 3.63) is 0 Å². The molecule has 0 amide bonds. The first-order valence-corrected chi connectivity index (χ1v) is 44.7. The summed E-state index contributed by atoms with van der Waals surface area (Å²) in [7, 11) is -9.91. The minimum Gasteiger partial charge on any atom is -0.462 e. The molecular formula is C80H156O17P2. The average Bonchev–Trinajstić information content (AvgIpc) is 1.05. The SMILES string of the molecule is CCCCCCCCCCCCCCCCCCCCC(=O)OC[C@H](COP(=O)(O)OC[C@@H](O)COP(=O)(O)OC[C@@H](COC(=O)CCCCCCCCCCC)OC(=O)CCCCCCCCCCCC)OC(=O)CCCCCCCCCCCCCCCCCCCCC(C)CC. The van der Waals surface area contributed by atoms with Gasteiger partial charge in [-0.25, -0.2) is 9.13 Å². The molecular weight excluding hydrogens is 1290 g/mol. The Kier molecular flexibility index (Phi) is 71.6. The van der Waals surface area contributed by atoms with Gasteiger partial charge in [0, 0.05) is 25.7 Å². The van der Waals surface area contributed by atoms with Gasteiger partial charge < -0.3 is 33.8 Å². The molecule has 0 saturated heterocycles. The quantitative estimate of drug-likeness (QED) is 0.0222. The highest BCUT2D eigenvalue weighted by Crippen LogP contribution is 2.45. The van der Waals surface area contributed by atoms with Crippen molar-refractivity contribution in [2.75, 3.05) is 39.6 Å². The van der Waals surface area contributed by atoms with E-state index in [9.17, 15) is 43.2 Å². The molecule has 588 valence electrons. The first-order valence-electron chi connectivity index (χ1n) is 41.7. The van der Waals surface area contributed by atoms with Crippen LogP contribution >= 0.6 is 15.6 Å². The summed E-state index contributed by atoms with van der Waals surface area (Å²) in [6.45, 7) is 7.36. The number of hydrogen-bond donors (Lipinski definition) is 3.